The van der Waals surface area contributed by atoms with Gasteiger partial charge < -0.3 is 10.6 Å². The van der Waals surface area contributed by atoms with E-state index in [2.05, 4.69) is 17.6 Å². The van der Waals surface area contributed by atoms with Crippen molar-refractivity contribution in [3.05, 3.63) is 0 Å². The Balaban J connectivity index is 0. The molecule has 0 aliphatic carbocycles. The molecule has 3 nitrogen and oxygen atoms in total. The zero-order valence-electron chi connectivity index (χ0n) is 11.7. The Kier molecular flexibility index (Phi) is 16.1. The number of carbonyl (C=O) groups excluding carboxylic acids is 1. The summed E-state index contributed by atoms with van der Waals surface area (Å²) < 4.78 is 0. The topological polar surface area (TPSA) is 41.1 Å². The summed E-state index contributed by atoms with van der Waals surface area (Å²) in [7, 11) is 1.68. The number of hydrogen-bond donors (Lipinski definition) is 2. The fourth-order valence-electron chi connectivity index (χ4n) is 1.44. The lowest BCUT2D eigenvalue weighted by Crippen LogP contribution is -2.24. The maximum atomic E-state index is 10.8. The van der Waals surface area contributed by atoms with Gasteiger partial charge in [0.1, 0.15) is 0 Å². The number of nitrogens with one attached hydrogen (secondary N) is 2. The minimum absolute atomic E-state index is 0.150. The summed E-state index contributed by atoms with van der Waals surface area (Å²) in [5, 5.41) is 5.83. The van der Waals surface area contributed by atoms with Crippen LogP contribution in [0.3, 0.4) is 0 Å². The fraction of sp³-hybridized carbons (Fsp3) is 0.923. The van der Waals surface area contributed by atoms with Crippen LogP contribution in [-0.4, -0.2) is 26.0 Å². The molecule has 1 atom stereocenters. The van der Waals surface area contributed by atoms with E-state index in [1.807, 2.05) is 20.8 Å². The van der Waals surface area contributed by atoms with Crippen molar-refractivity contribution in [3.63, 3.8) is 0 Å². The van der Waals surface area contributed by atoms with Crippen molar-refractivity contribution < 1.29 is 4.79 Å². The molecule has 1 rings (SSSR count). The lowest BCUT2D eigenvalue weighted by molar-refractivity contribution is -0.124. The van der Waals surface area contributed by atoms with E-state index in [1.165, 1.54) is 25.9 Å². The number of carbonyl (C=O) groups is 1. The van der Waals surface area contributed by atoms with Crippen molar-refractivity contribution in [3.8, 4) is 0 Å². The lowest BCUT2D eigenvalue weighted by Gasteiger charge is -2.06. The highest BCUT2D eigenvalue weighted by Crippen LogP contribution is 2.03. The van der Waals surface area contributed by atoms with Crippen molar-refractivity contribution in [2.75, 3.05) is 20.1 Å². The Morgan fingerprint density at radius 1 is 1.31 bits per heavy atom. The van der Waals surface area contributed by atoms with Gasteiger partial charge in [0.15, 0.2) is 0 Å². The molecule has 0 aromatic heterocycles. The van der Waals surface area contributed by atoms with Crippen molar-refractivity contribution in [1.82, 2.24) is 10.6 Å². The molecule has 98 valence electrons. The highest BCUT2D eigenvalue weighted by molar-refractivity contribution is 5.77. The molecule has 1 unspecified atom stereocenters. The molecular formula is C13H30N2O. The monoisotopic (exact) mass is 230 g/mol. The zero-order valence-corrected chi connectivity index (χ0v) is 11.7. The molecule has 1 heterocycles. The summed E-state index contributed by atoms with van der Waals surface area (Å²) in [4.78, 5) is 10.8. The summed E-state index contributed by atoms with van der Waals surface area (Å²) in [6.45, 7) is 10.5. The Morgan fingerprint density at radius 3 is 2.06 bits per heavy atom. The van der Waals surface area contributed by atoms with Crippen LogP contribution in [0.2, 0.25) is 0 Å². The summed E-state index contributed by atoms with van der Waals surface area (Å²) in [6.07, 6.45) is 4.84. The van der Waals surface area contributed by atoms with E-state index < -0.39 is 0 Å². The van der Waals surface area contributed by atoms with Crippen LogP contribution in [-0.2, 0) is 4.79 Å². The van der Waals surface area contributed by atoms with Crippen LogP contribution in [0, 0.1) is 5.92 Å². The molecule has 2 N–H and O–H groups in total. The predicted octanol–water partition coefficient (Wildman–Crippen LogP) is 2.56. The van der Waals surface area contributed by atoms with Crippen molar-refractivity contribution in [2.45, 2.75) is 53.4 Å². The summed E-state index contributed by atoms with van der Waals surface area (Å²) in [6, 6.07) is 0. The van der Waals surface area contributed by atoms with E-state index in [-0.39, 0.29) is 11.8 Å². The molecule has 0 aromatic rings. The second kappa shape index (κ2) is 14.4. The minimum atomic E-state index is 0.150. The van der Waals surface area contributed by atoms with Crippen LogP contribution in [0.1, 0.15) is 53.4 Å². The normalized spacial score (nSPS) is 15.1. The smallest absolute Gasteiger partial charge is 0.222 e. The maximum absolute atomic E-state index is 10.8. The third-order valence-electron chi connectivity index (χ3n) is 2.37. The van der Waals surface area contributed by atoms with Crippen LogP contribution >= 0.6 is 0 Å². The fourth-order valence-corrected chi connectivity index (χ4v) is 1.44. The highest BCUT2D eigenvalue weighted by atomic mass is 16.1. The average molecular weight is 230 g/mol. The minimum Gasteiger partial charge on any atom is -0.359 e. The molecule has 1 aliphatic heterocycles. The van der Waals surface area contributed by atoms with Gasteiger partial charge in [-0.1, -0.05) is 34.1 Å². The molecule has 1 amide bonds. The van der Waals surface area contributed by atoms with Gasteiger partial charge in [-0.15, -0.1) is 0 Å². The molecule has 0 radical (unpaired) electrons. The molecule has 0 spiro atoms. The second-order valence-corrected chi connectivity index (χ2v) is 3.76. The lowest BCUT2D eigenvalue weighted by atomic mass is 10.1. The van der Waals surface area contributed by atoms with Gasteiger partial charge in [-0.3, -0.25) is 4.79 Å². The van der Waals surface area contributed by atoms with E-state index in [9.17, 15) is 4.79 Å². The van der Waals surface area contributed by atoms with Gasteiger partial charge in [-0.2, -0.15) is 0 Å². The van der Waals surface area contributed by atoms with Crippen molar-refractivity contribution in [1.29, 1.82) is 0 Å². The number of hydrogen-bond acceptors (Lipinski definition) is 2. The Labute approximate surface area is 101 Å². The number of amides is 1. The largest absolute Gasteiger partial charge is 0.359 e. The van der Waals surface area contributed by atoms with Gasteiger partial charge in [0.2, 0.25) is 5.91 Å². The SMILES string of the molecule is C1CCNC1.CC.CCCC(C)C(=O)NC. The highest BCUT2D eigenvalue weighted by Gasteiger charge is 2.07. The van der Waals surface area contributed by atoms with Gasteiger partial charge >= 0.3 is 0 Å². The van der Waals surface area contributed by atoms with Gasteiger partial charge in [0, 0.05) is 13.0 Å². The Hall–Kier alpha value is -0.570. The van der Waals surface area contributed by atoms with Gasteiger partial charge in [0.25, 0.3) is 0 Å². The molecule has 16 heavy (non-hydrogen) atoms. The molecule has 0 aromatic carbocycles. The Morgan fingerprint density at radius 2 is 1.81 bits per heavy atom. The zero-order chi connectivity index (χ0) is 12.8. The van der Waals surface area contributed by atoms with E-state index in [1.54, 1.807) is 7.05 Å². The third-order valence-corrected chi connectivity index (χ3v) is 2.37. The summed E-state index contributed by atoms with van der Waals surface area (Å²) >= 11 is 0. The first kappa shape index (κ1) is 17.8. The molecule has 0 bridgehead atoms. The molecule has 1 fully saturated rings. The molecule has 1 aliphatic rings. The average Bonchev–Trinajstić information content (AvgIpc) is 2.89. The summed E-state index contributed by atoms with van der Waals surface area (Å²) in [5.41, 5.74) is 0. The van der Waals surface area contributed by atoms with E-state index in [4.69, 9.17) is 0 Å². The van der Waals surface area contributed by atoms with Gasteiger partial charge in [0.05, 0.1) is 0 Å². The maximum Gasteiger partial charge on any atom is 0.222 e. The van der Waals surface area contributed by atoms with Crippen molar-refractivity contribution >= 4 is 5.91 Å². The quantitative estimate of drug-likeness (QED) is 0.782. The first-order valence-electron chi connectivity index (χ1n) is 6.64. The van der Waals surface area contributed by atoms with E-state index in [0.29, 0.717) is 0 Å². The van der Waals surface area contributed by atoms with Crippen LogP contribution in [0.25, 0.3) is 0 Å². The first-order valence-corrected chi connectivity index (χ1v) is 6.64. The van der Waals surface area contributed by atoms with Crippen LogP contribution in [0.5, 0.6) is 0 Å². The van der Waals surface area contributed by atoms with E-state index in [0.717, 1.165) is 12.8 Å². The van der Waals surface area contributed by atoms with Gasteiger partial charge in [-0.25, -0.2) is 0 Å². The molecule has 3 heteroatoms. The standard InChI is InChI=1S/C7H15NO.C4H9N.C2H6/c1-4-5-6(2)7(9)8-3;1-2-4-5-3-1;1-2/h6H,4-5H2,1-3H3,(H,8,9);5H,1-4H2;1-2H3. The predicted molar refractivity (Wildman–Crippen MR) is 71.6 cm³/mol. The van der Waals surface area contributed by atoms with Crippen LogP contribution < -0.4 is 10.6 Å². The number of rotatable bonds is 3. The molecular weight excluding hydrogens is 200 g/mol. The van der Waals surface area contributed by atoms with Crippen LogP contribution in [0.4, 0.5) is 0 Å². The van der Waals surface area contributed by atoms with Crippen LogP contribution in [0.15, 0.2) is 0 Å². The first-order chi connectivity index (χ1) is 7.72. The Bertz CT molecular complexity index is 137. The second-order valence-electron chi connectivity index (χ2n) is 3.76. The molecule has 0 saturated carbocycles. The molecule has 1 saturated heterocycles. The van der Waals surface area contributed by atoms with Gasteiger partial charge in [-0.05, 0) is 32.4 Å². The third kappa shape index (κ3) is 11.5. The van der Waals surface area contributed by atoms with E-state index >= 15 is 0 Å². The summed E-state index contributed by atoms with van der Waals surface area (Å²) in [5.74, 6) is 0.330. The van der Waals surface area contributed by atoms with Crippen molar-refractivity contribution in [2.24, 2.45) is 5.92 Å².